The highest BCUT2D eigenvalue weighted by Gasteiger charge is 2.03. The predicted octanol–water partition coefficient (Wildman–Crippen LogP) is 1.56. The normalized spacial score (nSPS) is 10.7. The summed E-state index contributed by atoms with van der Waals surface area (Å²) < 4.78 is 14.2. The van der Waals surface area contributed by atoms with Gasteiger partial charge in [0.2, 0.25) is 0 Å². The van der Waals surface area contributed by atoms with Crippen molar-refractivity contribution in [3.8, 4) is 0 Å². The molecule has 0 fully saturated rings. The van der Waals surface area contributed by atoms with Gasteiger partial charge in [-0.25, -0.2) is 9.07 Å². The molecule has 0 N–H and O–H groups in total. The molecule has 14 heavy (non-hydrogen) atoms. The molecule has 0 bridgehead atoms. The van der Waals surface area contributed by atoms with Crippen LogP contribution in [0.5, 0.6) is 0 Å². The number of fused-ring (bicyclic) bond motifs is 1. The second kappa shape index (κ2) is 3.21. The van der Waals surface area contributed by atoms with E-state index in [2.05, 4.69) is 5.10 Å². The van der Waals surface area contributed by atoms with Crippen LogP contribution in [0.15, 0.2) is 29.2 Å². The Morgan fingerprint density at radius 2 is 2.29 bits per heavy atom. The first-order valence-electron chi connectivity index (χ1n) is 4.37. The fraction of sp³-hybridized carbons (Fsp3) is 0.200. The second-order valence-corrected chi connectivity index (χ2v) is 3.00. The molecule has 0 atom stereocenters. The first-order valence-corrected chi connectivity index (χ1v) is 4.37. The van der Waals surface area contributed by atoms with Gasteiger partial charge in [-0.3, -0.25) is 4.79 Å². The molecule has 72 valence electrons. The molecule has 0 aliphatic carbocycles. The molecule has 4 heteroatoms. The van der Waals surface area contributed by atoms with Crippen molar-refractivity contribution in [1.82, 2.24) is 9.78 Å². The number of aryl methyl sites for hydroxylation is 1. The van der Waals surface area contributed by atoms with E-state index in [-0.39, 0.29) is 5.56 Å². The minimum Gasteiger partial charge on any atom is -0.267 e. The molecule has 0 radical (unpaired) electrons. The highest BCUT2D eigenvalue weighted by Crippen LogP contribution is 2.09. The Hall–Kier alpha value is -1.71. The van der Waals surface area contributed by atoms with Crippen LogP contribution in [0, 0.1) is 5.82 Å². The summed E-state index contributed by atoms with van der Waals surface area (Å²) in [6.45, 7) is 2.31. The largest absolute Gasteiger partial charge is 0.274 e. The van der Waals surface area contributed by atoms with Gasteiger partial charge < -0.3 is 0 Å². The summed E-state index contributed by atoms with van der Waals surface area (Å²) in [5.41, 5.74) is -0.246. The van der Waals surface area contributed by atoms with Crippen LogP contribution < -0.4 is 5.56 Å². The molecule has 0 amide bonds. The van der Waals surface area contributed by atoms with E-state index >= 15 is 0 Å². The molecular formula is C10H9FN2O. The van der Waals surface area contributed by atoms with E-state index in [4.69, 9.17) is 0 Å². The van der Waals surface area contributed by atoms with Crippen LogP contribution in [0.3, 0.4) is 0 Å². The third kappa shape index (κ3) is 1.28. The Morgan fingerprint density at radius 3 is 3.00 bits per heavy atom. The van der Waals surface area contributed by atoms with Gasteiger partial charge >= 0.3 is 0 Å². The van der Waals surface area contributed by atoms with E-state index < -0.39 is 5.82 Å². The molecule has 2 aromatic rings. The summed E-state index contributed by atoms with van der Waals surface area (Å²) in [5, 5.41) is 4.98. The lowest BCUT2D eigenvalue weighted by atomic mass is 10.2. The van der Waals surface area contributed by atoms with Crippen molar-refractivity contribution < 1.29 is 4.39 Å². The van der Waals surface area contributed by atoms with Crippen molar-refractivity contribution >= 4 is 10.8 Å². The SMILES string of the molecule is CCn1ncc2ccc(F)cc2c1=O. The summed E-state index contributed by atoms with van der Waals surface area (Å²) in [7, 11) is 0. The van der Waals surface area contributed by atoms with Gasteiger partial charge in [-0.2, -0.15) is 5.10 Å². The van der Waals surface area contributed by atoms with E-state index in [0.29, 0.717) is 17.3 Å². The van der Waals surface area contributed by atoms with Gasteiger partial charge in [0.15, 0.2) is 0 Å². The van der Waals surface area contributed by atoms with Crippen LogP contribution in [0.1, 0.15) is 6.92 Å². The summed E-state index contributed by atoms with van der Waals surface area (Å²) in [5.74, 6) is -0.400. The fourth-order valence-electron chi connectivity index (χ4n) is 1.37. The van der Waals surface area contributed by atoms with E-state index in [1.165, 1.54) is 16.8 Å². The van der Waals surface area contributed by atoms with Crippen molar-refractivity contribution in [2.45, 2.75) is 13.5 Å². The Kier molecular flexibility index (Phi) is 2.04. The third-order valence-corrected chi connectivity index (χ3v) is 2.12. The number of aromatic nitrogens is 2. The monoisotopic (exact) mass is 192 g/mol. The Labute approximate surface area is 79.8 Å². The lowest BCUT2D eigenvalue weighted by Gasteiger charge is -2.01. The maximum Gasteiger partial charge on any atom is 0.274 e. The van der Waals surface area contributed by atoms with Crippen LogP contribution in [0.2, 0.25) is 0 Å². The van der Waals surface area contributed by atoms with Crippen LogP contribution in [0.4, 0.5) is 4.39 Å². The third-order valence-electron chi connectivity index (χ3n) is 2.12. The quantitative estimate of drug-likeness (QED) is 0.687. The van der Waals surface area contributed by atoms with E-state index in [1.54, 1.807) is 12.3 Å². The van der Waals surface area contributed by atoms with Gasteiger partial charge in [-0.1, -0.05) is 0 Å². The molecule has 1 heterocycles. The Bertz CT molecular complexity index is 533. The lowest BCUT2D eigenvalue weighted by Crippen LogP contribution is -2.21. The van der Waals surface area contributed by atoms with Crippen molar-refractivity contribution in [1.29, 1.82) is 0 Å². The number of hydrogen-bond acceptors (Lipinski definition) is 2. The Morgan fingerprint density at radius 1 is 1.50 bits per heavy atom. The minimum absolute atomic E-state index is 0.246. The molecule has 2 rings (SSSR count). The molecule has 1 aromatic heterocycles. The molecule has 3 nitrogen and oxygen atoms in total. The number of nitrogens with zero attached hydrogens (tertiary/aromatic N) is 2. The highest BCUT2D eigenvalue weighted by molar-refractivity contribution is 5.80. The van der Waals surface area contributed by atoms with Gasteiger partial charge in [0.05, 0.1) is 11.6 Å². The molecule has 0 aliphatic rings. The number of benzene rings is 1. The summed E-state index contributed by atoms with van der Waals surface area (Å²) in [6, 6.07) is 4.12. The zero-order chi connectivity index (χ0) is 10.1. The molecule has 1 aromatic carbocycles. The van der Waals surface area contributed by atoms with Crippen molar-refractivity contribution in [3.63, 3.8) is 0 Å². The number of rotatable bonds is 1. The van der Waals surface area contributed by atoms with Crippen molar-refractivity contribution in [2.75, 3.05) is 0 Å². The topological polar surface area (TPSA) is 34.9 Å². The average Bonchev–Trinajstić information content (AvgIpc) is 2.20. The lowest BCUT2D eigenvalue weighted by molar-refractivity contribution is 0.617. The maximum atomic E-state index is 12.9. The molecule has 0 saturated carbocycles. The van der Waals surface area contributed by atoms with Crippen LogP contribution in [0.25, 0.3) is 10.8 Å². The molecule has 0 spiro atoms. The average molecular weight is 192 g/mol. The van der Waals surface area contributed by atoms with Crippen LogP contribution >= 0.6 is 0 Å². The molecule has 0 unspecified atom stereocenters. The van der Waals surface area contributed by atoms with Crippen LogP contribution in [-0.2, 0) is 6.54 Å². The standard InChI is InChI=1S/C10H9FN2O/c1-2-13-10(14)9-5-8(11)4-3-7(9)6-12-13/h3-6H,2H2,1H3. The van der Waals surface area contributed by atoms with Gasteiger partial charge in [0.1, 0.15) is 5.82 Å². The highest BCUT2D eigenvalue weighted by atomic mass is 19.1. The van der Waals surface area contributed by atoms with Crippen molar-refractivity contribution in [3.05, 3.63) is 40.6 Å². The van der Waals surface area contributed by atoms with Gasteiger partial charge in [0.25, 0.3) is 5.56 Å². The molecular weight excluding hydrogens is 183 g/mol. The predicted molar refractivity (Wildman–Crippen MR) is 51.6 cm³/mol. The van der Waals surface area contributed by atoms with Crippen molar-refractivity contribution in [2.24, 2.45) is 0 Å². The Balaban J connectivity index is 2.87. The van der Waals surface area contributed by atoms with Gasteiger partial charge in [-0.05, 0) is 25.1 Å². The zero-order valence-electron chi connectivity index (χ0n) is 7.70. The second-order valence-electron chi connectivity index (χ2n) is 3.00. The van der Waals surface area contributed by atoms with Crippen LogP contribution in [-0.4, -0.2) is 9.78 Å². The maximum absolute atomic E-state index is 12.9. The molecule has 0 saturated heterocycles. The number of hydrogen-bond donors (Lipinski definition) is 0. The molecule has 0 aliphatic heterocycles. The summed E-state index contributed by atoms with van der Waals surface area (Å²) >= 11 is 0. The first-order chi connectivity index (χ1) is 6.72. The minimum atomic E-state index is -0.400. The number of halogens is 1. The van der Waals surface area contributed by atoms with E-state index in [0.717, 1.165) is 0 Å². The van der Waals surface area contributed by atoms with E-state index in [1.807, 2.05) is 6.92 Å². The van der Waals surface area contributed by atoms with E-state index in [9.17, 15) is 9.18 Å². The van der Waals surface area contributed by atoms with Gasteiger partial charge in [0, 0.05) is 11.9 Å². The van der Waals surface area contributed by atoms with Gasteiger partial charge in [-0.15, -0.1) is 0 Å². The summed E-state index contributed by atoms with van der Waals surface area (Å²) in [6.07, 6.45) is 1.57. The fourth-order valence-corrected chi connectivity index (χ4v) is 1.37. The first kappa shape index (κ1) is 8.87. The summed E-state index contributed by atoms with van der Waals surface area (Å²) in [4.78, 5) is 11.6. The smallest absolute Gasteiger partial charge is 0.267 e. The zero-order valence-corrected chi connectivity index (χ0v) is 7.70.